The first kappa shape index (κ1) is 12.0. The molecule has 17 heavy (non-hydrogen) atoms. The maximum absolute atomic E-state index is 5.48. The maximum atomic E-state index is 5.48. The first-order valence-electron chi connectivity index (χ1n) is 5.11. The van der Waals surface area contributed by atoms with Crippen molar-refractivity contribution < 1.29 is 4.74 Å². The zero-order valence-electron chi connectivity index (χ0n) is 9.35. The largest absolute Gasteiger partial charge is 0.496 e. The lowest BCUT2D eigenvalue weighted by atomic mass is 10.1. The second-order valence-corrected chi connectivity index (χ2v) is 4.37. The molecule has 1 aromatic heterocycles. The second-order valence-electron chi connectivity index (χ2n) is 3.46. The molecule has 2 N–H and O–H groups in total. The SMILES string of the molecule is COc1ccc(Br)cc1-c1ccc(CN)nn1. The van der Waals surface area contributed by atoms with Crippen molar-refractivity contribution in [3.63, 3.8) is 0 Å². The summed E-state index contributed by atoms with van der Waals surface area (Å²) in [6, 6.07) is 9.51. The van der Waals surface area contributed by atoms with Gasteiger partial charge in [-0.1, -0.05) is 15.9 Å². The Bertz CT molecular complexity index is 514. The fourth-order valence-electron chi connectivity index (χ4n) is 1.49. The number of nitrogens with two attached hydrogens (primary N) is 1. The van der Waals surface area contributed by atoms with E-state index >= 15 is 0 Å². The minimum absolute atomic E-state index is 0.392. The molecule has 0 unspecified atom stereocenters. The predicted molar refractivity (Wildman–Crippen MR) is 69.6 cm³/mol. The number of ether oxygens (including phenoxy) is 1. The topological polar surface area (TPSA) is 61.0 Å². The van der Waals surface area contributed by atoms with Gasteiger partial charge in [-0.2, -0.15) is 10.2 Å². The molecule has 88 valence electrons. The first-order valence-corrected chi connectivity index (χ1v) is 5.90. The van der Waals surface area contributed by atoms with Gasteiger partial charge in [-0.3, -0.25) is 0 Å². The van der Waals surface area contributed by atoms with E-state index in [0.717, 1.165) is 27.2 Å². The summed E-state index contributed by atoms with van der Waals surface area (Å²) in [5.41, 5.74) is 7.92. The molecule has 1 heterocycles. The molecule has 0 saturated carbocycles. The maximum Gasteiger partial charge on any atom is 0.128 e. The monoisotopic (exact) mass is 293 g/mol. The van der Waals surface area contributed by atoms with Crippen molar-refractivity contribution in [1.82, 2.24) is 10.2 Å². The summed E-state index contributed by atoms with van der Waals surface area (Å²) in [4.78, 5) is 0. The summed E-state index contributed by atoms with van der Waals surface area (Å²) >= 11 is 3.43. The van der Waals surface area contributed by atoms with Crippen molar-refractivity contribution in [2.24, 2.45) is 5.73 Å². The van der Waals surface area contributed by atoms with E-state index in [1.54, 1.807) is 7.11 Å². The lowest BCUT2D eigenvalue weighted by Crippen LogP contribution is -2.01. The Labute approximate surface area is 108 Å². The molecular formula is C12H12BrN3O. The van der Waals surface area contributed by atoms with Crippen LogP contribution in [-0.4, -0.2) is 17.3 Å². The van der Waals surface area contributed by atoms with Crippen LogP contribution in [0.1, 0.15) is 5.69 Å². The number of methoxy groups -OCH3 is 1. The minimum Gasteiger partial charge on any atom is -0.496 e. The third kappa shape index (κ3) is 2.62. The van der Waals surface area contributed by atoms with Gasteiger partial charge >= 0.3 is 0 Å². The molecule has 0 bridgehead atoms. The molecule has 0 saturated heterocycles. The molecule has 0 aliphatic carbocycles. The molecule has 0 aliphatic rings. The van der Waals surface area contributed by atoms with Gasteiger partial charge in [-0.05, 0) is 30.3 Å². The highest BCUT2D eigenvalue weighted by Gasteiger charge is 2.08. The highest BCUT2D eigenvalue weighted by molar-refractivity contribution is 9.10. The molecule has 2 aromatic rings. The van der Waals surface area contributed by atoms with Gasteiger partial charge < -0.3 is 10.5 Å². The summed E-state index contributed by atoms with van der Waals surface area (Å²) in [5.74, 6) is 0.767. The van der Waals surface area contributed by atoms with Gasteiger partial charge in [0.25, 0.3) is 0 Å². The number of halogens is 1. The van der Waals surface area contributed by atoms with Crippen LogP contribution in [0, 0.1) is 0 Å². The van der Waals surface area contributed by atoms with Crippen molar-refractivity contribution in [3.05, 3.63) is 40.5 Å². The van der Waals surface area contributed by atoms with Gasteiger partial charge in [0.2, 0.25) is 0 Å². The Morgan fingerprint density at radius 2 is 2.06 bits per heavy atom. The third-order valence-electron chi connectivity index (χ3n) is 2.37. The van der Waals surface area contributed by atoms with Gasteiger partial charge in [0.05, 0.1) is 18.5 Å². The zero-order valence-corrected chi connectivity index (χ0v) is 10.9. The fourth-order valence-corrected chi connectivity index (χ4v) is 1.85. The fraction of sp³-hybridized carbons (Fsp3) is 0.167. The highest BCUT2D eigenvalue weighted by atomic mass is 79.9. The van der Waals surface area contributed by atoms with Crippen LogP contribution in [0.25, 0.3) is 11.3 Å². The summed E-state index contributed by atoms with van der Waals surface area (Å²) < 4.78 is 6.27. The van der Waals surface area contributed by atoms with E-state index in [0.29, 0.717) is 6.54 Å². The number of hydrogen-bond donors (Lipinski definition) is 1. The van der Waals surface area contributed by atoms with E-state index in [2.05, 4.69) is 26.1 Å². The van der Waals surface area contributed by atoms with Crippen LogP contribution in [-0.2, 0) is 6.54 Å². The van der Waals surface area contributed by atoms with E-state index in [1.165, 1.54) is 0 Å². The molecule has 0 amide bonds. The molecule has 0 fully saturated rings. The van der Waals surface area contributed by atoms with E-state index in [1.807, 2.05) is 30.3 Å². The molecule has 0 spiro atoms. The quantitative estimate of drug-likeness (QED) is 0.944. The molecule has 5 heteroatoms. The van der Waals surface area contributed by atoms with Crippen LogP contribution in [0.15, 0.2) is 34.8 Å². The summed E-state index contributed by atoms with van der Waals surface area (Å²) in [7, 11) is 1.63. The Balaban J connectivity index is 2.47. The molecule has 0 atom stereocenters. The molecule has 0 aliphatic heterocycles. The normalized spacial score (nSPS) is 10.3. The lowest BCUT2D eigenvalue weighted by molar-refractivity contribution is 0.416. The van der Waals surface area contributed by atoms with Crippen LogP contribution in [0.3, 0.4) is 0 Å². The van der Waals surface area contributed by atoms with Gasteiger partial charge in [0.15, 0.2) is 0 Å². The Hall–Kier alpha value is -1.46. The molecule has 4 nitrogen and oxygen atoms in total. The average Bonchev–Trinajstić information content (AvgIpc) is 2.39. The van der Waals surface area contributed by atoms with Gasteiger partial charge in [0.1, 0.15) is 5.75 Å². The average molecular weight is 294 g/mol. The predicted octanol–water partition coefficient (Wildman–Crippen LogP) is 2.37. The Morgan fingerprint density at radius 3 is 2.65 bits per heavy atom. The number of aromatic nitrogens is 2. The van der Waals surface area contributed by atoms with Crippen LogP contribution in [0.4, 0.5) is 0 Å². The van der Waals surface area contributed by atoms with Gasteiger partial charge in [-0.15, -0.1) is 0 Å². The van der Waals surface area contributed by atoms with E-state index in [9.17, 15) is 0 Å². The summed E-state index contributed by atoms with van der Waals surface area (Å²) in [6.45, 7) is 0.392. The summed E-state index contributed by atoms with van der Waals surface area (Å²) in [6.07, 6.45) is 0. The molecule has 2 rings (SSSR count). The molecule has 0 radical (unpaired) electrons. The summed E-state index contributed by atoms with van der Waals surface area (Å²) in [5, 5.41) is 8.17. The number of hydrogen-bond acceptors (Lipinski definition) is 4. The second kappa shape index (κ2) is 5.25. The van der Waals surface area contributed by atoms with Crippen LogP contribution < -0.4 is 10.5 Å². The van der Waals surface area contributed by atoms with Crippen LogP contribution in [0.2, 0.25) is 0 Å². The number of nitrogens with zero attached hydrogens (tertiary/aromatic N) is 2. The van der Waals surface area contributed by atoms with Gasteiger partial charge in [-0.25, -0.2) is 0 Å². The van der Waals surface area contributed by atoms with Crippen molar-refractivity contribution in [3.8, 4) is 17.0 Å². The molecule has 1 aromatic carbocycles. The Morgan fingerprint density at radius 1 is 1.24 bits per heavy atom. The van der Waals surface area contributed by atoms with Crippen LogP contribution >= 0.6 is 15.9 Å². The first-order chi connectivity index (χ1) is 8.24. The minimum atomic E-state index is 0.392. The smallest absolute Gasteiger partial charge is 0.128 e. The lowest BCUT2D eigenvalue weighted by Gasteiger charge is -2.08. The van der Waals surface area contributed by atoms with Crippen molar-refractivity contribution in [2.75, 3.05) is 7.11 Å². The van der Waals surface area contributed by atoms with Crippen LogP contribution in [0.5, 0.6) is 5.75 Å². The van der Waals surface area contributed by atoms with E-state index < -0.39 is 0 Å². The molecular weight excluding hydrogens is 282 g/mol. The number of rotatable bonds is 3. The van der Waals surface area contributed by atoms with Gasteiger partial charge in [0, 0.05) is 16.6 Å². The van der Waals surface area contributed by atoms with Crippen molar-refractivity contribution in [2.45, 2.75) is 6.54 Å². The standard InChI is InChI=1S/C12H12BrN3O/c1-17-12-5-2-8(13)6-10(12)11-4-3-9(7-14)15-16-11/h2-6H,7,14H2,1H3. The third-order valence-corrected chi connectivity index (χ3v) is 2.86. The van der Waals surface area contributed by atoms with Crippen molar-refractivity contribution >= 4 is 15.9 Å². The van der Waals surface area contributed by atoms with Crippen molar-refractivity contribution in [1.29, 1.82) is 0 Å². The number of benzene rings is 1. The van der Waals surface area contributed by atoms with E-state index in [4.69, 9.17) is 10.5 Å². The zero-order chi connectivity index (χ0) is 12.3. The van der Waals surface area contributed by atoms with E-state index in [-0.39, 0.29) is 0 Å². The Kier molecular flexibility index (Phi) is 3.71. The highest BCUT2D eigenvalue weighted by Crippen LogP contribution is 2.30.